The lowest BCUT2D eigenvalue weighted by Gasteiger charge is -2.31. The maximum atomic E-state index is 14.6. The Kier molecular flexibility index (Phi) is 10.8. The van der Waals surface area contributed by atoms with Crippen molar-refractivity contribution in [3.05, 3.63) is 64.4 Å². The van der Waals surface area contributed by atoms with E-state index in [0.717, 1.165) is 29.1 Å². The van der Waals surface area contributed by atoms with Crippen molar-refractivity contribution >= 4 is 47.2 Å². The Balaban J connectivity index is 0.00000341. The zero-order valence-corrected chi connectivity index (χ0v) is 20.9. The monoisotopic (exact) mass is 560 g/mol. The SMILES string of the molecule is CCNC(=NCc1ccc(N2CCC(O)CC2)c(F)c1)NCCc1ccccc1Cl.I. The summed E-state index contributed by atoms with van der Waals surface area (Å²) in [5, 5.41) is 16.9. The van der Waals surface area contributed by atoms with Crippen molar-refractivity contribution in [2.45, 2.75) is 38.8 Å². The van der Waals surface area contributed by atoms with E-state index in [9.17, 15) is 9.50 Å². The smallest absolute Gasteiger partial charge is 0.191 e. The van der Waals surface area contributed by atoms with Gasteiger partial charge in [-0.25, -0.2) is 9.38 Å². The number of anilines is 1. The number of halogens is 3. The standard InChI is InChI=1S/C23H30ClFN4O.HI/c1-2-26-23(27-12-9-18-5-3-4-6-20(18)24)28-16-17-7-8-22(21(25)15-17)29-13-10-19(30)11-14-29;/h3-8,15,19,30H,2,9-14,16H2,1H3,(H2,26,27,28);1H. The third-order valence-corrected chi connectivity index (χ3v) is 5.59. The highest BCUT2D eigenvalue weighted by Crippen LogP contribution is 2.24. The highest BCUT2D eigenvalue weighted by Gasteiger charge is 2.19. The molecule has 0 saturated carbocycles. The summed E-state index contributed by atoms with van der Waals surface area (Å²) < 4.78 is 14.6. The van der Waals surface area contributed by atoms with E-state index in [1.165, 1.54) is 0 Å². The van der Waals surface area contributed by atoms with Gasteiger partial charge in [0.05, 0.1) is 18.3 Å². The number of guanidine groups is 1. The molecule has 31 heavy (non-hydrogen) atoms. The Morgan fingerprint density at radius 3 is 2.61 bits per heavy atom. The van der Waals surface area contributed by atoms with Crippen molar-refractivity contribution in [3.8, 4) is 0 Å². The molecule has 1 saturated heterocycles. The van der Waals surface area contributed by atoms with Crippen LogP contribution < -0.4 is 15.5 Å². The molecule has 0 unspecified atom stereocenters. The molecule has 170 valence electrons. The van der Waals surface area contributed by atoms with Gasteiger partial charge in [-0.15, -0.1) is 24.0 Å². The summed E-state index contributed by atoms with van der Waals surface area (Å²) in [6.07, 6.45) is 1.88. The average molecular weight is 561 g/mol. The number of piperidine rings is 1. The molecule has 2 aromatic carbocycles. The van der Waals surface area contributed by atoms with Crippen molar-refractivity contribution in [1.29, 1.82) is 0 Å². The fraction of sp³-hybridized carbons (Fsp3) is 0.435. The Bertz CT molecular complexity index is 859. The van der Waals surface area contributed by atoms with Crippen molar-refractivity contribution in [2.24, 2.45) is 4.99 Å². The third kappa shape index (κ3) is 7.80. The van der Waals surface area contributed by atoms with E-state index in [0.29, 0.717) is 50.7 Å². The van der Waals surface area contributed by atoms with E-state index in [-0.39, 0.29) is 35.9 Å². The molecule has 3 rings (SSSR count). The number of aliphatic hydroxyl groups is 1. The lowest BCUT2D eigenvalue weighted by Crippen LogP contribution is -2.38. The largest absolute Gasteiger partial charge is 0.393 e. The summed E-state index contributed by atoms with van der Waals surface area (Å²) in [7, 11) is 0. The van der Waals surface area contributed by atoms with Crippen molar-refractivity contribution < 1.29 is 9.50 Å². The first-order valence-electron chi connectivity index (χ1n) is 10.5. The first kappa shape index (κ1) is 25.7. The number of hydrogen-bond donors (Lipinski definition) is 3. The summed E-state index contributed by atoms with van der Waals surface area (Å²) in [4.78, 5) is 6.57. The van der Waals surface area contributed by atoms with Crippen LogP contribution in [-0.2, 0) is 13.0 Å². The zero-order chi connectivity index (χ0) is 21.3. The highest BCUT2D eigenvalue weighted by atomic mass is 127. The molecule has 1 aliphatic heterocycles. The predicted octanol–water partition coefficient (Wildman–Crippen LogP) is 4.36. The number of nitrogens with one attached hydrogen (secondary N) is 2. The van der Waals surface area contributed by atoms with Gasteiger partial charge in [-0.05, 0) is 55.5 Å². The van der Waals surface area contributed by atoms with Crippen molar-refractivity contribution in [2.75, 3.05) is 31.1 Å². The van der Waals surface area contributed by atoms with Gasteiger partial charge in [0.1, 0.15) is 5.82 Å². The minimum atomic E-state index is -0.271. The summed E-state index contributed by atoms with van der Waals surface area (Å²) in [6.45, 7) is 5.19. The Morgan fingerprint density at radius 1 is 1.19 bits per heavy atom. The number of aliphatic hydroxyl groups excluding tert-OH is 1. The van der Waals surface area contributed by atoms with Crippen LogP contribution in [0.1, 0.15) is 30.9 Å². The molecule has 1 heterocycles. The minimum absolute atomic E-state index is 0. The van der Waals surface area contributed by atoms with Gasteiger partial charge in [0.2, 0.25) is 0 Å². The lowest BCUT2D eigenvalue weighted by atomic mass is 10.1. The van der Waals surface area contributed by atoms with E-state index in [1.807, 2.05) is 48.2 Å². The van der Waals surface area contributed by atoms with Gasteiger partial charge in [0.15, 0.2) is 5.96 Å². The molecule has 0 spiro atoms. The normalized spacial score (nSPS) is 14.8. The fourth-order valence-corrected chi connectivity index (χ4v) is 3.77. The molecular weight excluding hydrogens is 530 g/mol. The van der Waals surface area contributed by atoms with Gasteiger partial charge in [-0.1, -0.05) is 35.9 Å². The second kappa shape index (κ2) is 13.1. The lowest BCUT2D eigenvalue weighted by molar-refractivity contribution is 0.145. The second-order valence-electron chi connectivity index (χ2n) is 7.47. The molecule has 0 aliphatic carbocycles. The predicted molar refractivity (Wildman–Crippen MR) is 137 cm³/mol. The van der Waals surface area contributed by atoms with Crippen molar-refractivity contribution in [1.82, 2.24) is 10.6 Å². The topological polar surface area (TPSA) is 59.9 Å². The molecule has 2 aromatic rings. The van der Waals surface area contributed by atoms with Crippen LogP contribution >= 0.6 is 35.6 Å². The number of benzene rings is 2. The molecule has 0 aromatic heterocycles. The zero-order valence-electron chi connectivity index (χ0n) is 17.8. The van der Waals surface area contributed by atoms with Crippen LogP contribution in [0, 0.1) is 5.82 Å². The highest BCUT2D eigenvalue weighted by molar-refractivity contribution is 14.0. The van der Waals surface area contributed by atoms with Crippen LogP contribution in [-0.4, -0.2) is 43.3 Å². The fourth-order valence-electron chi connectivity index (χ4n) is 3.54. The van der Waals surface area contributed by atoms with Crippen LogP contribution in [0.15, 0.2) is 47.5 Å². The molecule has 0 atom stereocenters. The first-order valence-corrected chi connectivity index (χ1v) is 10.9. The van der Waals surface area contributed by atoms with E-state index >= 15 is 0 Å². The number of rotatable bonds is 7. The van der Waals surface area contributed by atoms with Gasteiger partial charge in [0.25, 0.3) is 0 Å². The minimum Gasteiger partial charge on any atom is -0.393 e. The van der Waals surface area contributed by atoms with Crippen LogP contribution in [0.5, 0.6) is 0 Å². The van der Waals surface area contributed by atoms with Gasteiger partial charge in [0, 0.05) is 31.2 Å². The van der Waals surface area contributed by atoms with Gasteiger partial charge in [-0.3, -0.25) is 0 Å². The molecule has 5 nitrogen and oxygen atoms in total. The van der Waals surface area contributed by atoms with Crippen molar-refractivity contribution in [3.63, 3.8) is 0 Å². The van der Waals surface area contributed by atoms with Crippen LogP contribution in [0.2, 0.25) is 5.02 Å². The average Bonchev–Trinajstić information content (AvgIpc) is 2.74. The molecule has 0 radical (unpaired) electrons. The number of aliphatic imine (C=N–C) groups is 1. The molecule has 8 heteroatoms. The Morgan fingerprint density at radius 2 is 1.94 bits per heavy atom. The molecular formula is C23H31ClFIN4O. The molecule has 0 bridgehead atoms. The van der Waals surface area contributed by atoms with E-state index in [1.54, 1.807) is 6.07 Å². The molecule has 1 aliphatic rings. The van der Waals surface area contributed by atoms with Crippen LogP contribution in [0.3, 0.4) is 0 Å². The summed E-state index contributed by atoms with van der Waals surface area (Å²) in [5.41, 5.74) is 2.50. The van der Waals surface area contributed by atoms with E-state index < -0.39 is 0 Å². The van der Waals surface area contributed by atoms with Crippen LogP contribution in [0.4, 0.5) is 10.1 Å². The Labute approximate surface area is 206 Å². The summed E-state index contributed by atoms with van der Waals surface area (Å²) in [5.74, 6) is 0.454. The third-order valence-electron chi connectivity index (χ3n) is 5.23. The molecule has 0 amide bonds. The maximum Gasteiger partial charge on any atom is 0.191 e. The second-order valence-corrected chi connectivity index (χ2v) is 7.87. The van der Waals surface area contributed by atoms with Gasteiger partial charge in [-0.2, -0.15) is 0 Å². The van der Waals surface area contributed by atoms with E-state index in [2.05, 4.69) is 15.6 Å². The Hall–Kier alpha value is -1.58. The summed E-state index contributed by atoms with van der Waals surface area (Å²) in [6, 6.07) is 13.1. The first-order chi connectivity index (χ1) is 14.6. The number of nitrogens with zero attached hydrogens (tertiary/aromatic N) is 2. The van der Waals surface area contributed by atoms with Crippen LogP contribution in [0.25, 0.3) is 0 Å². The number of hydrogen-bond acceptors (Lipinski definition) is 3. The van der Waals surface area contributed by atoms with Gasteiger partial charge >= 0.3 is 0 Å². The maximum absolute atomic E-state index is 14.6. The van der Waals surface area contributed by atoms with E-state index in [4.69, 9.17) is 11.6 Å². The molecule has 1 fully saturated rings. The van der Waals surface area contributed by atoms with Gasteiger partial charge < -0.3 is 20.6 Å². The summed E-state index contributed by atoms with van der Waals surface area (Å²) >= 11 is 6.21. The quantitative estimate of drug-likeness (QED) is 0.268. The molecule has 3 N–H and O–H groups in total.